The second kappa shape index (κ2) is 6.45. The molecule has 0 bridgehead atoms. The van der Waals surface area contributed by atoms with E-state index in [0.717, 1.165) is 0 Å². The molecular formula is C9H23N3O4. The molecule has 0 heterocycles. The van der Waals surface area contributed by atoms with Crippen LogP contribution in [-0.4, -0.2) is 57.5 Å². The largest absolute Gasteiger partial charge is 0.340 e. The van der Waals surface area contributed by atoms with Gasteiger partial charge in [0.15, 0.2) is 0 Å². The van der Waals surface area contributed by atoms with Crippen molar-refractivity contribution < 1.29 is 20.4 Å². The molecule has 0 fully saturated rings. The van der Waals surface area contributed by atoms with E-state index < -0.39 is 12.1 Å². The van der Waals surface area contributed by atoms with Crippen LogP contribution >= 0.6 is 0 Å². The summed E-state index contributed by atoms with van der Waals surface area (Å²) < 4.78 is 0. The molecule has 0 unspecified atom stereocenters. The topological polar surface area (TPSA) is 108 Å². The van der Waals surface area contributed by atoms with Gasteiger partial charge in [0.25, 0.3) is 12.1 Å². The molecule has 0 aliphatic rings. The number of nitrogens with zero attached hydrogens (tertiary/aromatic N) is 1. The molecule has 7 heteroatoms. The molecule has 0 saturated carbocycles. The fraction of sp³-hybridized carbons (Fsp3) is 1.00. The third-order valence-corrected chi connectivity index (χ3v) is 2.16. The van der Waals surface area contributed by atoms with E-state index in [4.69, 9.17) is 0 Å². The zero-order valence-corrected chi connectivity index (χ0v) is 10.1. The first kappa shape index (κ1) is 15.7. The van der Waals surface area contributed by atoms with Crippen LogP contribution in [0.4, 0.5) is 0 Å². The highest BCUT2D eigenvalue weighted by molar-refractivity contribution is 4.69. The summed E-state index contributed by atoms with van der Waals surface area (Å²) in [5.41, 5.74) is 0. The Morgan fingerprint density at radius 3 is 1.44 bits per heavy atom. The lowest BCUT2D eigenvalue weighted by atomic mass is 10.4. The molecule has 0 aliphatic carbocycles. The second-order valence-electron chi connectivity index (χ2n) is 3.68. The Morgan fingerprint density at radius 1 is 0.875 bits per heavy atom. The molecule has 16 heavy (non-hydrogen) atoms. The predicted molar refractivity (Wildman–Crippen MR) is 58.7 cm³/mol. The highest BCUT2D eigenvalue weighted by Gasteiger charge is 2.42. The number of rotatable bonds is 8. The zero-order chi connectivity index (χ0) is 12.8. The Hall–Kier alpha value is -0.280. The number of hydrogen-bond donors (Lipinski definition) is 6. The average Bonchev–Trinajstić information content (AvgIpc) is 2.22. The van der Waals surface area contributed by atoms with Crippen LogP contribution in [0.5, 0.6) is 0 Å². The molecule has 0 aliphatic heterocycles. The van der Waals surface area contributed by atoms with Crippen LogP contribution in [-0.2, 0) is 0 Å². The van der Waals surface area contributed by atoms with Crippen molar-refractivity contribution in [2.45, 2.75) is 38.8 Å². The minimum atomic E-state index is -2.49. The Kier molecular flexibility index (Phi) is 6.34. The molecule has 0 aromatic carbocycles. The van der Waals surface area contributed by atoms with Gasteiger partial charge in [0.2, 0.25) is 0 Å². The van der Waals surface area contributed by atoms with E-state index in [1.807, 2.05) is 13.8 Å². The molecule has 0 radical (unpaired) electrons. The van der Waals surface area contributed by atoms with Crippen LogP contribution in [0, 0.1) is 0 Å². The first-order valence-corrected chi connectivity index (χ1v) is 5.41. The molecule has 0 saturated heterocycles. The van der Waals surface area contributed by atoms with Crippen molar-refractivity contribution >= 4 is 0 Å². The standard InChI is InChI=1S/C9H23N3O4/c1-4-6-10-8(13,14)12(3)9(15,16)11-7-5-2/h10-11,13-16H,4-7H2,1-3H3. The SMILES string of the molecule is CCCNC(O)(O)N(C)C(O)(O)NCCC. The summed E-state index contributed by atoms with van der Waals surface area (Å²) in [5.74, 6) is 0. The van der Waals surface area contributed by atoms with Crippen LogP contribution in [0.3, 0.4) is 0 Å². The average molecular weight is 237 g/mol. The summed E-state index contributed by atoms with van der Waals surface area (Å²) in [5, 5.41) is 43.0. The number of aliphatic hydroxyl groups is 4. The minimum absolute atomic E-state index is 0.335. The lowest BCUT2D eigenvalue weighted by molar-refractivity contribution is -0.397. The van der Waals surface area contributed by atoms with E-state index in [0.29, 0.717) is 30.8 Å². The maximum atomic E-state index is 9.56. The molecule has 0 aromatic rings. The van der Waals surface area contributed by atoms with Gasteiger partial charge in [-0.15, -0.1) is 0 Å². The lowest BCUT2D eigenvalue weighted by Crippen LogP contribution is -2.70. The van der Waals surface area contributed by atoms with Gasteiger partial charge in [-0.2, -0.15) is 4.90 Å². The third kappa shape index (κ3) is 4.71. The molecule has 7 nitrogen and oxygen atoms in total. The van der Waals surface area contributed by atoms with E-state index >= 15 is 0 Å². The van der Waals surface area contributed by atoms with Gasteiger partial charge in [0.1, 0.15) is 0 Å². The normalized spacial score (nSPS) is 13.5. The number of hydrogen-bond acceptors (Lipinski definition) is 7. The molecule has 0 atom stereocenters. The molecule has 0 rings (SSSR count). The molecule has 0 aromatic heterocycles. The summed E-state index contributed by atoms with van der Waals surface area (Å²) in [6.45, 7) is 4.37. The van der Waals surface area contributed by atoms with Gasteiger partial charge < -0.3 is 20.4 Å². The van der Waals surface area contributed by atoms with E-state index in [1.54, 1.807) is 0 Å². The first-order valence-electron chi connectivity index (χ1n) is 5.41. The van der Waals surface area contributed by atoms with Crippen molar-refractivity contribution in [3.05, 3.63) is 0 Å². The second-order valence-corrected chi connectivity index (χ2v) is 3.68. The van der Waals surface area contributed by atoms with Crippen LogP contribution in [0.25, 0.3) is 0 Å². The highest BCUT2D eigenvalue weighted by Crippen LogP contribution is 2.11. The van der Waals surface area contributed by atoms with Crippen LogP contribution in [0.1, 0.15) is 26.7 Å². The summed E-state index contributed by atoms with van der Waals surface area (Å²) in [6.07, 6.45) is 1.37. The maximum absolute atomic E-state index is 9.56. The fourth-order valence-electron chi connectivity index (χ4n) is 1.04. The first-order chi connectivity index (χ1) is 7.28. The quantitative estimate of drug-likeness (QED) is 0.274. The third-order valence-electron chi connectivity index (χ3n) is 2.16. The van der Waals surface area contributed by atoms with Crippen LogP contribution in [0.15, 0.2) is 0 Å². The van der Waals surface area contributed by atoms with E-state index in [2.05, 4.69) is 10.6 Å². The van der Waals surface area contributed by atoms with Crippen molar-refractivity contribution in [1.29, 1.82) is 0 Å². The molecule has 98 valence electrons. The van der Waals surface area contributed by atoms with Gasteiger partial charge in [-0.25, -0.2) is 0 Å². The Labute approximate surface area is 95.7 Å². The lowest BCUT2D eigenvalue weighted by Gasteiger charge is -2.40. The molecular weight excluding hydrogens is 214 g/mol. The highest BCUT2D eigenvalue weighted by atomic mass is 16.6. The van der Waals surface area contributed by atoms with Gasteiger partial charge in [-0.1, -0.05) is 13.8 Å². The van der Waals surface area contributed by atoms with Crippen molar-refractivity contribution in [1.82, 2.24) is 15.5 Å². The van der Waals surface area contributed by atoms with Crippen molar-refractivity contribution in [3.63, 3.8) is 0 Å². The predicted octanol–water partition coefficient (Wildman–Crippen LogP) is -1.89. The monoisotopic (exact) mass is 237 g/mol. The Morgan fingerprint density at radius 2 is 1.19 bits per heavy atom. The van der Waals surface area contributed by atoms with Crippen molar-refractivity contribution in [2.75, 3.05) is 20.1 Å². The summed E-state index contributed by atoms with van der Waals surface area (Å²) in [4.78, 5) is 0.589. The van der Waals surface area contributed by atoms with E-state index in [1.165, 1.54) is 7.05 Å². The van der Waals surface area contributed by atoms with Crippen molar-refractivity contribution in [2.24, 2.45) is 0 Å². The van der Waals surface area contributed by atoms with Crippen molar-refractivity contribution in [3.8, 4) is 0 Å². The zero-order valence-electron chi connectivity index (χ0n) is 10.1. The molecule has 0 amide bonds. The molecule has 0 spiro atoms. The fourth-order valence-corrected chi connectivity index (χ4v) is 1.04. The minimum Gasteiger partial charge on any atom is -0.340 e. The van der Waals surface area contributed by atoms with Gasteiger partial charge in [-0.3, -0.25) is 10.6 Å². The van der Waals surface area contributed by atoms with E-state index in [-0.39, 0.29) is 0 Å². The van der Waals surface area contributed by atoms with E-state index in [9.17, 15) is 20.4 Å². The summed E-state index contributed by atoms with van der Waals surface area (Å²) in [7, 11) is 1.17. The Bertz CT molecular complexity index is 179. The maximum Gasteiger partial charge on any atom is 0.294 e. The summed E-state index contributed by atoms with van der Waals surface area (Å²) >= 11 is 0. The Balaban J connectivity index is 4.42. The van der Waals surface area contributed by atoms with Gasteiger partial charge in [0, 0.05) is 13.1 Å². The van der Waals surface area contributed by atoms with Gasteiger partial charge in [0.05, 0.1) is 0 Å². The van der Waals surface area contributed by atoms with Crippen LogP contribution < -0.4 is 10.6 Å². The smallest absolute Gasteiger partial charge is 0.294 e. The van der Waals surface area contributed by atoms with Crippen LogP contribution in [0.2, 0.25) is 0 Å². The molecule has 6 N–H and O–H groups in total. The van der Waals surface area contributed by atoms with Gasteiger partial charge >= 0.3 is 0 Å². The number of nitrogens with one attached hydrogen (secondary N) is 2. The summed E-state index contributed by atoms with van der Waals surface area (Å²) in [6, 6.07) is -4.97. The van der Waals surface area contributed by atoms with Gasteiger partial charge in [-0.05, 0) is 19.9 Å².